The number of rotatable bonds is 1. The van der Waals surface area contributed by atoms with Gasteiger partial charge in [0, 0.05) is 13.5 Å². The van der Waals surface area contributed by atoms with Crippen LogP contribution >= 0.6 is 0 Å². The molecule has 0 aromatic rings. The van der Waals surface area contributed by atoms with E-state index in [0.29, 0.717) is 0 Å². The Bertz CT molecular complexity index is 193. The lowest BCUT2D eigenvalue weighted by molar-refractivity contribution is 0.168. The molecule has 0 bridgehead atoms. The normalized spacial score (nSPS) is 34.6. The summed E-state index contributed by atoms with van der Waals surface area (Å²) in [7, 11) is 0. The quantitative estimate of drug-likeness (QED) is 0.632. The lowest BCUT2D eigenvalue weighted by Crippen LogP contribution is -2.37. The minimum Gasteiger partial charge on any atom is -0.298 e. The first-order valence-corrected chi connectivity index (χ1v) is 7.05. The second-order valence-corrected chi connectivity index (χ2v) is 5.79. The van der Waals surface area contributed by atoms with Gasteiger partial charge in [0.15, 0.2) is 0 Å². The fourth-order valence-electron chi connectivity index (χ4n) is 3.61. The van der Waals surface area contributed by atoms with E-state index in [0.717, 1.165) is 18.0 Å². The van der Waals surface area contributed by atoms with Crippen LogP contribution in [0.2, 0.25) is 0 Å². The van der Waals surface area contributed by atoms with Crippen LogP contribution in [0.5, 0.6) is 0 Å². The average Bonchev–Trinajstić information content (AvgIpc) is 2.61. The molecular weight excluding hydrogens is 182 g/mol. The molecule has 2 aliphatic rings. The zero-order valence-corrected chi connectivity index (χ0v) is 10.5. The molecule has 2 fully saturated rings. The summed E-state index contributed by atoms with van der Waals surface area (Å²) in [6.07, 6.45) is 11.9. The maximum Gasteiger partial charge on any atom is 0.0127 e. The van der Waals surface area contributed by atoms with Crippen molar-refractivity contribution in [1.29, 1.82) is 0 Å². The highest BCUT2D eigenvalue weighted by molar-refractivity contribution is 4.88. The molecule has 2 unspecified atom stereocenters. The Morgan fingerprint density at radius 2 is 1.60 bits per heavy atom. The number of likely N-dealkylation sites (tertiary alicyclic amines) is 1. The van der Waals surface area contributed by atoms with E-state index in [2.05, 4.69) is 18.7 Å². The van der Waals surface area contributed by atoms with E-state index in [-0.39, 0.29) is 1.43 Å². The molecule has 0 radical (unpaired) electrons. The molecule has 1 saturated carbocycles. The second kappa shape index (κ2) is 5.34. The fourth-order valence-corrected chi connectivity index (χ4v) is 3.61. The van der Waals surface area contributed by atoms with E-state index in [9.17, 15) is 0 Å². The first-order chi connectivity index (χ1) is 7.29. The Labute approximate surface area is 96.7 Å². The van der Waals surface area contributed by atoms with Gasteiger partial charge in [-0.25, -0.2) is 0 Å². The molecule has 15 heavy (non-hydrogen) atoms. The van der Waals surface area contributed by atoms with Gasteiger partial charge in [-0.05, 0) is 45.6 Å². The van der Waals surface area contributed by atoms with Crippen LogP contribution in [0.4, 0.5) is 0 Å². The van der Waals surface area contributed by atoms with Crippen LogP contribution in [0.25, 0.3) is 0 Å². The van der Waals surface area contributed by atoms with Crippen molar-refractivity contribution in [1.82, 2.24) is 4.90 Å². The zero-order chi connectivity index (χ0) is 10.7. The van der Waals surface area contributed by atoms with Gasteiger partial charge in [-0.1, -0.05) is 32.1 Å². The van der Waals surface area contributed by atoms with Crippen LogP contribution in [0.1, 0.15) is 66.6 Å². The zero-order valence-electron chi connectivity index (χ0n) is 10.5. The highest BCUT2D eigenvalue weighted by Crippen LogP contribution is 2.34. The summed E-state index contributed by atoms with van der Waals surface area (Å²) >= 11 is 0. The maximum absolute atomic E-state index is 2.77. The molecule has 0 aromatic heterocycles. The minimum atomic E-state index is 0. The van der Waals surface area contributed by atoms with Crippen LogP contribution in [0.3, 0.4) is 0 Å². The number of fused-ring (bicyclic) bond motifs is 1. The minimum absolute atomic E-state index is 0. The molecule has 1 aliphatic carbocycles. The molecule has 1 aliphatic heterocycles. The van der Waals surface area contributed by atoms with Crippen LogP contribution < -0.4 is 0 Å². The number of hydrogen-bond donors (Lipinski definition) is 0. The van der Waals surface area contributed by atoms with Crippen molar-refractivity contribution in [3.05, 3.63) is 0 Å². The van der Waals surface area contributed by atoms with E-state index in [4.69, 9.17) is 0 Å². The van der Waals surface area contributed by atoms with E-state index < -0.39 is 0 Å². The van der Waals surface area contributed by atoms with Crippen molar-refractivity contribution >= 4 is 0 Å². The van der Waals surface area contributed by atoms with Crippen LogP contribution in [-0.4, -0.2) is 23.5 Å². The van der Waals surface area contributed by atoms with Gasteiger partial charge < -0.3 is 0 Å². The SMILES string of the molecule is CC(C)N1CCC2CCCCCCCC21.[HH]. The third-order valence-electron chi connectivity index (χ3n) is 4.47. The summed E-state index contributed by atoms with van der Waals surface area (Å²) in [5, 5.41) is 0. The molecule has 2 atom stereocenters. The molecule has 1 saturated heterocycles. The Hall–Kier alpha value is -0.0400. The van der Waals surface area contributed by atoms with E-state index >= 15 is 0 Å². The van der Waals surface area contributed by atoms with Gasteiger partial charge in [-0.15, -0.1) is 0 Å². The van der Waals surface area contributed by atoms with Gasteiger partial charge in [0.05, 0.1) is 0 Å². The van der Waals surface area contributed by atoms with Gasteiger partial charge in [-0.2, -0.15) is 0 Å². The highest BCUT2D eigenvalue weighted by atomic mass is 15.2. The molecule has 2 rings (SSSR count). The maximum atomic E-state index is 2.77. The van der Waals surface area contributed by atoms with Crippen molar-refractivity contribution in [3.8, 4) is 0 Å². The third-order valence-corrected chi connectivity index (χ3v) is 4.47. The van der Waals surface area contributed by atoms with Crippen LogP contribution in [0, 0.1) is 5.92 Å². The van der Waals surface area contributed by atoms with E-state index in [1.165, 1.54) is 57.9 Å². The summed E-state index contributed by atoms with van der Waals surface area (Å²) < 4.78 is 0. The lowest BCUT2D eigenvalue weighted by Gasteiger charge is -2.31. The second-order valence-electron chi connectivity index (χ2n) is 5.79. The van der Waals surface area contributed by atoms with Crippen molar-refractivity contribution in [2.45, 2.75) is 77.3 Å². The Balaban J connectivity index is 0.00000128. The predicted octanol–water partition coefficient (Wildman–Crippen LogP) is 4.08. The molecule has 0 N–H and O–H groups in total. The van der Waals surface area contributed by atoms with Gasteiger partial charge in [0.1, 0.15) is 0 Å². The van der Waals surface area contributed by atoms with Crippen LogP contribution in [0.15, 0.2) is 0 Å². The molecule has 0 spiro atoms. The molecule has 90 valence electrons. The van der Waals surface area contributed by atoms with E-state index in [1.807, 2.05) is 0 Å². The summed E-state index contributed by atoms with van der Waals surface area (Å²) in [5.41, 5.74) is 0. The summed E-state index contributed by atoms with van der Waals surface area (Å²) in [5.74, 6) is 1.03. The molecule has 0 amide bonds. The Kier molecular flexibility index (Phi) is 4.07. The van der Waals surface area contributed by atoms with Crippen molar-refractivity contribution in [2.24, 2.45) is 5.92 Å². The van der Waals surface area contributed by atoms with Gasteiger partial charge in [-0.3, -0.25) is 4.90 Å². The third kappa shape index (κ3) is 2.75. The molecule has 1 heterocycles. The van der Waals surface area contributed by atoms with Crippen molar-refractivity contribution in [2.75, 3.05) is 6.54 Å². The van der Waals surface area contributed by atoms with Gasteiger partial charge in [0.25, 0.3) is 0 Å². The first kappa shape index (κ1) is 11.4. The summed E-state index contributed by atoms with van der Waals surface area (Å²) in [4.78, 5) is 2.77. The predicted molar refractivity (Wildman–Crippen MR) is 68.2 cm³/mol. The Morgan fingerprint density at radius 1 is 0.933 bits per heavy atom. The van der Waals surface area contributed by atoms with Crippen molar-refractivity contribution < 1.29 is 1.43 Å². The molecule has 1 heteroatoms. The van der Waals surface area contributed by atoms with E-state index in [1.54, 1.807) is 0 Å². The average molecular weight is 211 g/mol. The van der Waals surface area contributed by atoms with Crippen molar-refractivity contribution in [3.63, 3.8) is 0 Å². The van der Waals surface area contributed by atoms with Gasteiger partial charge >= 0.3 is 0 Å². The Morgan fingerprint density at radius 3 is 2.33 bits per heavy atom. The monoisotopic (exact) mass is 211 g/mol. The summed E-state index contributed by atoms with van der Waals surface area (Å²) in [6.45, 7) is 6.11. The standard InChI is InChI=1S/C14H27N.H2/c1-12(2)15-11-10-13-8-6-4-3-5-7-9-14(13)15;/h12-14H,3-11H2,1-2H3;1H. The smallest absolute Gasteiger partial charge is 0.0127 e. The van der Waals surface area contributed by atoms with Crippen LogP contribution in [-0.2, 0) is 0 Å². The first-order valence-electron chi connectivity index (χ1n) is 7.05. The largest absolute Gasteiger partial charge is 0.298 e. The number of hydrogen-bond acceptors (Lipinski definition) is 1. The fraction of sp³-hybridized carbons (Fsp3) is 1.00. The van der Waals surface area contributed by atoms with Gasteiger partial charge in [0.2, 0.25) is 0 Å². The number of nitrogens with zero attached hydrogens (tertiary/aromatic N) is 1. The molecular formula is C14H29N. The highest BCUT2D eigenvalue weighted by Gasteiger charge is 2.34. The summed E-state index contributed by atoms with van der Waals surface area (Å²) in [6, 6.07) is 1.70. The molecule has 0 aromatic carbocycles. The molecule has 1 nitrogen and oxygen atoms in total. The topological polar surface area (TPSA) is 3.24 Å². The lowest BCUT2D eigenvalue weighted by atomic mass is 9.92.